The number of carbonyl (C=O) groups is 1. The Labute approximate surface area is 87.5 Å². The van der Waals surface area contributed by atoms with E-state index in [2.05, 4.69) is 0 Å². The van der Waals surface area contributed by atoms with Crippen molar-refractivity contribution in [3.8, 4) is 0 Å². The summed E-state index contributed by atoms with van der Waals surface area (Å²) in [5, 5.41) is 9.05. The maximum atomic E-state index is 13.4. The predicted molar refractivity (Wildman–Crippen MR) is 53.0 cm³/mol. The number of aliphatic carboxylic acids is 1. The van der Waals surface area contributed by atoms with Crippen LogP contribution in [0, 0.1) is 5.82 Å². The van der Waals surface area contributed by atoms with E-state index < -0.39 is 17.4 Å². The normalized spacial score (nSPS) is 14.6. The zero-order valence-corrected chi connectivity index (χ0v) is 8.66. The Morgan fingerprint density at radius 2 is 2.13 bits per heavy atom. The molecule has 0 spiro atoms. The highest BCUT2D eigenvalue weighted by Gasteiger charge is 2.38. The minimum Gasteiger partial charge on any atom is -0.479 e. The van der Waals surface area contributed by atoms with Crippen molar-refractivity contribution in [1.82, 2.24) is 0 Å². The lowest BCUT2D eigenvalue weighted by atomic mass is 9.95. The molecule has 0 heterocycles. The molecule has 1 unspecified atom stereocenters. The van der Waals surface area contributed by atoms with Gasteiger partial charge in [-0.25, -0.2) is 9.18 Å². The number of rotatable bonds is 4. The molecule has 4 heteroatoms. The van der Waals surface area contributed by atoms with Crippen molar-refractivity contribution in [2.75, 3.05) is 6.61 Å². The van der Waals surface area contributed by atoms with Crippen LogP contribution in [-0.4, -0.2) is 17.7 Å². The Bertz CT molecular complexity index is 365. The smallest absolute Gasteiger partial charge is 0.340 e. The molecule has 82 valence electrons. The minimum absolute atomic E-state index is 0.0411. The molecule has 0 radical (unpaired) electrons. The number of carboxylic acid groups (broad SMARTS) is 1. The maximum Gasteiger partial charge on any atom is 0.340 e. The third kappa shape index (κ3) is 2.15. The summed E-state index contributed by atoms with van der Waals surface area (Å²) in [4.78, 5) is 11.1. The number of hydrogen-bond acceptors (Lipinski definition) is 2. The highest BCUT2D eigenvalue weighted by Crippen LogP contribution is 2.27. The van der Waals surface area contributed by atoms with Crippen LogP contribution in [0.15, 0.2) is 24.3 Å². The lowest BCUT2D eigenvalue weighted by molar-refractivity contribution is -0.165. The van der Waals surface area contributed by atoms with Crippen molar-refractivity contribution in [2.24, 2.45) is 0 Å². The molecule has 1 aromatic carbocycles. The molecular weight excluding hydrogens is 199 g/mol. The van der Waals surface area contributed by atoms with E-state index in [-0.39, 0.29) is 12.2 Å². The molecule has 1 aromatic rings. The predicted octanol–water partition coefficient (Wildman–Crippen LogP) is 2.16. The van der Waals surface area contributed by atoms with Crippen LogP contribution in [0.1, 0.15) is 19.4 Å². The van der Waals surface area contributed by atoms with Crippen LogP contribution in [0.2, 0.25) is 0 Å². The largest absolute Gasteiger partial charge is 0.479 e. The second kappa shape index (κ2) is 4.40. The summed E-state index contributed by atoms with van der Waals surface area (Å²) in [5.74, 6) is -1.77. The molecule has 1 N–H and O–H groups in total. The van der Waals surface area contributed by atoms with Crippen molar-refractivity contribution in [3.05, 3.63) is 35.6 Å². The number of halogens is 1. The van der Waals surface area contributed by atoms with Gasteiger partial charge in [0, 0.05) is 12.2 Å². The Morgan fingerprint density at radius 3 is 2.60 bits per heavy atom. The van der Waals surface area contributed by atoms with Crippen LogP contribution >= 0.6 is 0 Å². The third-order valence-electron chi connectivity index (χ3n) is 2.23. The lowest BCUT2D eigenvalue weighted by Gasteiger charge is -2.25. The zero-order valence-electron chi connectivity index (χ0n) is 8.66. The van der Waals surface area contributed by atoms with Gasteiger partial charge in [0.2, 0.25) is 0 Å². The molecule has 0 aliphatic heterocycles. The monoisotopic (exact) mass is 212 g/mol. The highest BCUT2D eigenvalue weighted by molar-refractivity contribution is 5.79. The summed E-state index contributed by atoms with van der Waals surface area (Å²) in [5.41, 5.74) is -1.58. The van der Waals surface area contributed by atoms with Crippen LogP contribution in [0.3, 0.4) is 0 Å². The first-order valence-electron chi connectivity index (χ1n) is 4.64. The molecular formula is C11H13FO3. The van der Waals surface area contributed by atoms with Crippen LogP contribution in [0.5, 0.6) is 0 Å². The average molecular weight is 212 g/mol. The van der Waals surface area contributed by atoms with Crippen molar-refractivity contribution >= 4 is 5.97 Å². The van der Waals surface area contributed by atoms with E-state index in [0.717, 1.165) is 0 Å². The van der Waals surface area contributed by atoms with Crippen LogP contribution < -0.4 is 0 Å². The standard InChI is InChI=1S/C11H13FO3/c1-3-15-11(2,10(13)14)8-6-4-5-7-9(8)12/h4-7H,3H2,1-2H3,(H,13,14). The second-order valence-electron chi connectivity index (χ2n) is 3.25. The van der Waals surface area contributed by atoms with E-state index in [4.69, 9.17) is 9.84 Å². The van der Waals surface area contributed by atoms with Gasteiger partial charge in [-0.15, -0.1) is 0 Å². The van der Waals surface area contributed by atoms with E-state index in [1.807, 2.05) is 0 Å². The molecule has 0 aliphatic carbocycles. The van der Waals surface area contributed by atoms with Crippen molar-refractivity contribution in [1.29, 1.82) is 0 Å². The topological polar surface area (TPSA) is 46.5 Å². The molecule has 0 aliphatic rings. The number of ether oxygens (including phenoxy) is 1. The number of hydrogen-bond donors (Lipinski definition) is 1. The molecule has 0 bridgehead atoms. The van der Waals surface area contributed by atoms with E-state index in [1.165, 1.54) is 25.1 Å². The fraction of sp³-hybridized carbons (Fsp3) is 0.364. The van der Waals surface area contributed by atoms with E-state index >= 15 is 0 Å². The fourth-order valence-corrected chi connectivity index (χ4v) is 1.39. The fourth-order valence-electron chi connectivity index (χ4n) is 1.39. The SMILES string of the molecule is CCOC(C)(C(=O)O)c1ccccc1F. The Balaban J connectivity index is 3.21. The molecule has 0 saturated carbocycles. The van der Waals surface area contributed by atoms with Gasteiger partial charge >= 0.3 is 5.97 Å². The van der Waals surface area contributed by atoms with Gasteiger partial charge in [0.15, 0.2) is 5.60 Å². The van der Waals surface area contributed by atoms with Gasteiger partial charge in [-0.2, -0.15) is 0 Å². The Hall–Kier alpha value is -1.42. The van der Waals surface area contributed by atoms with Crippen LogP contribution in [0.25, 0.3) is 0 Å². The lowest BCUT2D eigenvalue weighted by Crippen LogP contribution is -2.36. The van der Waals surface area contributed by atoms with E-state index in [9.17, 15) is 9.18 Å². The van der Waals surface area contributed by atoms with Gasteiger partial charge in [-0.1, -0.05) is 18.2 Å². The summed E-state index contributed by atoms with van der Waals surface area (Å²) >= 11 is 0. The first-order valence-corrected chi connectivity index (χ1v) is 4.64. The third-order valence-corrected chi connectivity index (χ3v) is 2.23. The summed E-state index contributed by atoms with van der Waals surface area (Å²) in [6.07, 6.45) is 0. The molecule has 0 saturated heterocycles. The molecule has 0 fully saturated rings. The molecule has 1 rings (SSSR count). The number of benzene rings is 1. The van der Waals surface area contributed by atoms with Gasteiger partial charge in [-0.05, 0) is 19.9 Å². The molecule has 0 aromatic heterocycles. The van der Waals surface area contributed by atoms with E-state index in [1.54, 1.807) is 13.0 Å². The first-order chi connectivity index (χ1) is 7.02. The first kappa shape index (κ1) is 11.7. The zero-order chi connectivity index (χ0) is 11.5. The Morgan fingerprint density at radius 1 is 1.53 bits per heavy atom. The minimum atomic E-state index is -1.62. The summed E-state index contributed by atoms with van der Waals surface area (Å²) in [7, 11) is 0. The van der Waals surface area contributed by atoms with Gasteiger partial charge in [0.05, 0.1) is 0 Å². The van der Waals surface area contributed by atoms with Crippen molar-refractivity contribution in [2.45, 2.75) is 19.4 Å². The molecule has 1 atom stereocenters. The molecule has 0 amide bonds. The van der Waals surface area contributed by atoms with Gasteiger partial charge in [-0.3, -0.25) is 0 Å². The average Bonchev–Trinajstić information content (AvgIpc) is 2.18. The maximum absolute atomic E-state index is 13.4. The van der Waals surface area contributed by atoms with Crippen molar-refractivity contribution in [3.63, 3.8) is 0 Å². The van der Waals surface area contributed by atoms with Gasteiger partial charge < -0.3 is 9.84 Å². The second-order valence-corrected chi connectivity index (χ2v) is 3.25. The van der Waals surface area contributed by atoms with E-state index in [0.29, 0.717) is 0 Å². The molecule has 15 heavy (non-hydrogen) atoms. The van der Waals surface area contributed by atoms with Gasteiger partial charge in [0.25, 0.3) is 0 Å². The van der Waals surface area contributed by atoms with Crippen LogP contribution in [-0.2, 0) is 15.1 Å². The summed E-state index contributed by atoms with van der Waals surface area (Å²) < 4.78 is 18.5. The Kier molecular flexibility index (Phi) is 3.42. The van der Waals surface area contributed by atoms with Crippen LogP contribution in [0.4, 0.5) is 4.39 Å². The summed E-state index contributed by atoms with van der Waals surface area (Å²) in [6.45, 7) is 3.22. The highest BCUT2D eigenvalue weighted by atomic mass is 19.1. The van der Waals surface area contributed by atoms with Crippen molar-refractivity contribution < 1.29 is 19.0 Å². The van der Waals surface area contributed by atoms with Gasteiger partial charge in [0.1, 0.15) is 5.82 Å². The quantitative estimate of drug-likeness (QED) is 0.831. The molecule has 3 nitrogen and oxygen atoms in total. The number of carboxylic acids is 1. The summed E-state index contributed by atoms with van der Waals surface area (Å²) in [6, 6.07) is 5.72.